The largest absolute Gasteiger partial charge is 0.487 e. The van der Waals surface area contributed by atoms with E-state index < -0.39 is 24.7 Å². The van der Waals surface area contributed by atoms with Gasteiger partial charge in [-0.25, -0.2) is 0 Å². The van der Waals surface area contributed by atoms with Crippen LogP contribution in [0.3, 0.4) is 0 Å². The van der Waals surface area contributed by atoms with Crippen molar-refractivity contribution in [1.82, 2.24) is 0 Å². The Morgan fingerprint density at radius 2 is 0.353 bits per heavy atom. The molecular weight excluding hydrogens is 292 g/mol. The van der Waals surface area contributed by atoms with E-state index in [1.54, 1.807) is 0 Å². The first-order valence-electron chi connectivity index (χ1n) is 2.77. The molecule has 0 amide bonds. The van der Waals surface area contributed by atoms with Crippen LogP contribution in [0.5, 0.6) is 0 Å². The molecule has 0 atom stereocenters. The van der Waals surface area contributed by atoms with Crippen LogP contribution in [0.4, 0.5) is 52.7 Å². The van der Waals surface area contributed by atoms with Gasteiger partial charge in [-0.3, -0.25) is 0 Å². The highest BCUT2D eigenvalue weighted by atomic mass is 19.5. The maximum atomic E-state index is 10.4. The van der Waals surface area contributed by atoms with Gasteiger partial charge in [-0.05, 0) is 0 Å². The van der Waals surface area contributed by atoms with Gasteiger partial charge < -0.3 is 5.48 Å². The summed E-state index contributed by atoms with van der Waals surface area (Å²) in [5, 5.41) is 0. The van der Waals surface area contributed by atoms with Gasteiger partial charge in [-0.2, -0.15) is 52.7 Å². The van der Waals surface area contributed by atoms with Gasteiger partial charge >= 0.3 is 24.7 Å². The average molecular weight is 294 g/mol. The molecule has 0 radical (unpaired) electrons. The van der Waals surface area contributed by atoms with Crippen LogP contribution in [0, 0.1) is 0 Å². The van der Waals surface area contributed by atoms with Gasteiger partial charge in [0.05, 0.1) is 0 Å². The summed E-state index contributed by atoms with van der Waals surface area (Å²) in [4.78, 5) is 0. The molecule has 0 spiro atoms. The summed E-state index contributed by atoms with van der Waals surface area (Å²) in [6.07, 6.45) is -24.2. The number of halogens is 12. The van der Waals surface area contributed by atoms with Crippen LogP contribution in [-0.2, 0) is 0 Å². The summed E-state index contributed by atoms with van der Waals surface area (Å²) in [6, 6.07) is 0. The van der Waals surface area contributed by atoms with Gasteiger partial charge in [0.25, 0.3) is 0 Å². The fourth-order valence-electron chi connectivity index (χ4n) is 0. The molecule has 0 unspecified atom stereocenters. The minimum absolute atomic E-state index is 0. The van der Waals surface area contributed by atoms with Gasteiger partial charge in [0, 0.05) is 0 Å². The van der Waals surface area contributed by atoms with Gasteiger partial charge in [0.15, 0.2) is 0 Å². The summed E-state index contributed by atoms with van der Waals surface area (Å²) in [6.45, 7) is 0. The molecule has 0 aliphatic heterocycles. The van der Waals surface area contributed by atoms with Crippen LogP contribution in [0.2, 0.25) is 0 Å². The topological polar surface area (TPSA) is 31.5 Å². The maximum Gasteiger partial charge on any atom is 0.487 e. The van der Waals surface area contributed by atoms with Crippen molar-refractivity contribution in [2.45, 2.75) is 24.7 Å². The van der Waals surface area contributed by atoms with Crippen molar-refractivity contribution in [3.63, 3.8) is 0 Å². The lowest BCUT2D eigenvalue weighted by molar-refractivity contribution is -0.339. The predicted molar refractivity (Wildman–Crippen MR) is 27.8 cm³/mol. The Hall–Kier alpha value is -0.880. The molecule has 1 nitrogen and oxygen atoms in total. The molecule has 0 fully saturated rings. The van der Waals surface area contributed by atoms with Crippen LogP contribution in [0.25, 0.3) is 0 Å². The van der Waals surface area contributed by atoms with Crippen LogP contribution in [0.15, 0.2) is 0 Å². The summed E-state index contributed by atoms with van der Waals surface area (Å²) in [5.74, 6) is 0. The first-order chi connectivity index (χ1) is 6.50. The fourth-order valence-corrected chi connectivity index (χ4v) is 0. The first kappa shape index (κ1) is 21.4. The summed E-state index contributed by atoms with van der Waals surface area (Å²) < 4.78 is 125. The summed E-state index contributed by atoms with van der Waals surface area (Å²) >= 11 is 0. The molecule has 108 valence electrons. The van der Waals surface area contributed by atoms with Crippen LogP contribution in [-0.4, -0.2) is 30.2 Å². The number of alkyl halides is 12. The lowest BCUT2D eigenvalue weighted by Crippen LogP contribution is -2.30. The minimum Gasteiger partial charge on any atom is -0.412 e. The molecule has 0 saturated heterocycles. The zero-order valence-corrected chi connectivity index (χ0v) is 7.04. The van der Waals surface area contributed by atoms with E-state index in [9.17, 15) is 52.7 Å². The molecular formula is C4H2F12O. The molecule has 0 rings (SSSR count). The van der Waals surface area contributed by atoms with Crippen LogP contribution in [0.1, 0.15) is 0 Å². The molecule has 17 heavy (non-hydrogen) atoms. The highest BCUT2D eigenvalue weighted by Gasteiger charge is 2.59. The Morgan fingerprint density at radius 3 is 0.353 bits per heavy atom. The van der Waals surface area contributed by atoms with E-state index in [0.29, 0.717) is 0 Å². The van der Waals surface area contributed by atoms with E-state index in [1.807, 2.05) is 0 Å². The molecule has 0 aromatic rings. The van der Waals surface area contributed by atoms with Crippen LogP contribution >= 0.6 is 0 Å². The van der Waals surface area contributed by atoms with E-state index in [2.05, 4.69) is 0 Å². The minimum atomic E-state index is -6.06. The monoisotopic (exact) mass is 294 g/mol. The molecule has 0 heterocycles. The molecule has 0 aromatic carbocycles. The van der Waals surface area contributed by atoms with Crippen molar-refractivity contribution in [3.05, 3.63) is 0 Å². The average Bonchev–Trinajstić information content (AvgIpc) is 1.77. The van der Waals surface area contributed by atoms with E-state index in [-0.39, 0.29) is 5.48 Å². The van der Waals surface area contributed by atoms with Crippen molar-refractivity contribution < 1.29 is 58.2 Å². The summed E-state index contributed by atoms with van der Waals surface area (Å²) in [7, 11) is 0. The SMILES string of the molecule is FC(F)(F)C(F)(F)F.FC(F)(F)C(F)(F)F.O. The second kappa shape index (κ2) is 5.64. The maximum absolute atomic E-state index is 10.4. The molecule has 2 N–H and O–H groups in total. The quantitative estimate of drug-likeness (QED) is 0.613. The van der Waals surface area contributed by atoms with E-state index >= 15 is 0 Å². The van der Waals surface area contributed by atoms with Gasteiger partial charge in [0.1, 0.15) is 0 Å². The van der Waals surface area contributed by atoms with Gasteiger partial charge in [0.2, 0.25) is 0 Å². The zero-order valence-electron chi connectivity index (χ0n) is 7.04. The molecule has 13 heteroatoms. The Kier molecular flexibility index (Phi) is 7.10. The van der Waals surface area contributed by atoms with Gasteiger partial charge in [-0.1, -0.05) is 0 Å². The third-order valence-corrected chi connectivity index (χ3v) is 0.643. The first-order valence-corrected chi connectivity index (χ1v) is 2.77. The van der Waals surface area contributed by atoms with Crippen molar-refractivity contribution in [2.24, 2.45) is 0 Å². The third kappa shape index (κ3) is 8.88. The lowest BCUT2D eigenvalue weighted by atomic mass is 10.7. The van der Waals surface area contributed by atoms with Crippen molar-refractivity contribution in [3.8, 4) is 0 Å². The Morgan fingerprint density at radius 1 is 0.294 bits per heavy atom. The Labute approximate surface area is 84.3 Å². The van der Waals surface area contributed by atoms with Crippen molar-refractivity contribution in [1.29, 1.82) is 0 Å². The highest BCUT2D eigenvalue weighted by molar-refractivity contribution is 4.60. The number of hydrogen-bond acceptors (Lipinski definition) is 0. The Balaban J connectivity index is -0.000000218. The fraction of sp³-hybridized carbons (Fsp3) is 1.00. The summed E-state index contributed by atoms with van der Waals surface area (Å²) in [5.41, 5.74) is 0. The van der Waals surface area contributed by atoms with Gasteiger partial charge in [-0.15, -0.1) is 0 Å². The van der Waals surface area contributed by atoms with Crippen molar-refractivity contribution in [2.75, 3.05) is 0 Å². The van der Waals surface area contributed by atoms with Crippen LogP contribution < -0.4 is 0 Å². The van der Waals surface area contributed by atoms with E-state index in [1.165, 1.54) is 0 Å². The molecule has 0 saturated carbocycles. The van der Waals surface area contributed by atoms with Crippen molar-refractivity contribution >= 4 is 0 Å². The second-order valence-electron chi connectivity index (χ2n) is 1.99. The molecule has 0 aliphatic carbocycles. The Bertz CT molecular complexity index is 153. The smallest absolute Gasteiger partial charge is 0.412 e. The van der Waals surface area contributed by atoms with E-state index in [4.69, 9.17) is 0 Å². The number of hydrogen-bond donors (Lipinski definition) is 0. The second-order valence-corrected chi connectivity index (χ2v) is 1.99. The number of rotatable bonds is 0. The molecule has 0 bridgehead atoms. The molecule has 0 aliphatic rings. The normalized spacial score (nSPS) is 13.4. The zero-order chi connectivity index (χ0) is 14.0. The predicted octanol–water partition coefficient (Wildman–Crippen LogP) is 3.40. The lowest BCUT2D eigenvalue weighted by Gasteiger charge is -2.08. The van der Waals surface area contributed by atoms with E-state index in [0.717, 1.165) is 0 Å². The highest BCUT2D eigenvalue weighted by Crippen LogP contribution is 2.36. The molecule has 0 aromatic heterocycles. The third-order valence-electron chi connectivity index (χ3n) is 0.643. The standard InChI is InChI=1S/2C2F6.H2O/c2*3-1(4,5)2(6,7)8;/h;;1H2.